The molecule has 9 heteroatoms. The first-order chi connectivity index (χ1) is 14.0. The van der Waals surface area contributed by atoms with Crippen LogP contribution in [0.3, 0.4) is 0 Å². The summed E-state index contributed by atoms with van der Waals surface area (Å²) >= 11 is 0. The zero-order chi connectivity index (χ0) is 21.1. The van der Waals surface area contributed by atoms with Crippen LogP contribution in [0.4, 0.5) is 5.69 Å². The number of ether oxygens (including phenoxy) is 1. The van der Waals surface area contributed by atoms with Crippen LogP contribution in [0.1, 0.15) is 11.1 Å². The van der Waals surface area contributed by atoms with Gasteiger partial charge < -0.3 is 0 Å². The molecular weight excluding hydrogens is 368 g/mol. The summed E-state index contributed by atoms with van der Waals surface area (Å²) in [5.74, 6) is 0.793. The van der Waals surface area contributed by atoms with Crippen LogP contribution in [-0.2, 0) is 17.7 Å². The Morgan fingerprint density at radius 2 is 1.93 bits per heavy atom. The molecular formula is C20H29B2N3O4. The van der Waals surface area contributed by atoms with Gasteiger partial charge in [0.15, 0.2) is 0 Å². The number of benzene rings is 2. The second-order valence-corrected chi connectivity index (χ2v) is 6.96. The molecule has 29 heavy (non-hydrogen) atoms. The SMILES string of the molecule is COc1cccc(CNC[C@@H](O)C(Cc2cccc(NB(C)O)c2)NCB=O)c1. The number of hydrogen-bond acceptors (Lipinski definition) is 7. The fourth-order valence-electron chi connectivity index (χ4n) is 3.12. The Morgan fingerprint density at radius 1 is 1.17 bits per heavy atom. The Labute approximate surface area is 173 Å². The number of aliphatic hydroxyl groups is 1. The van der Waals surface area contributed by atoms with Gasteiger partial charge in [0.2, 0.25) is 0 Å². The van der Waals surface area contributed by atoms with Gasteiger partial charge in [-0.05, 0) is 0 Å². The Hall–Kier alpha value is -2.19. The summed E-state index contributed by atoms with van der Waals surface area (Å²) in [4.78, 5) is 0. The van der Waals surface area contributed by atoms with E-state index in [4.69, 9.17) is 4.74 Å². The van der Waals surface area contributed by atoms with E-state index in [1.165, 1.54) is 0 Å². The predicted octanol–water partition coefficient (Wildman–Crippen LogP) is 0.876. The molecule has 5 N–H and O–H groups in total. The number of aliphatic hydroxyl groups excluding tert-OH is 1. The molecule has 0 aliphatic rings. The summed E-state index contributed by atoms with van der Waals surface area (Å²) in [6, 6.07) is 15.1. The molecule has 0 bridgehead atoms. The van der Waals surface area contributed by atoms with E-state index in [9.17, 15) is 14.8 Å². The number of anilines is 1. The normalized spacial score (nSPS) is 12.7. The van der Waals surface area contributed by atoms with Crippen LogP contribution in [-0.4, -0.2) is 56.6 Å². The first-order valence-corrected chi connectivity index (χ1v) is 9.74. The van der Waals surface area contributed by atoms with Crippen molar-refractivity contribution in [3.63, 3.8) is 0 Å². The molecule has 0 aromatic heterocycles. The van der Waals surface area contributed by atoms with E-state index < -0.39 is 13.2 Å². The van der Waals surface area contributed by atoms with Crippen LogP contribution in [0.15, 0.2) is 48.5 Å². The van der Waals surface area contributed by atoms with Crippen molar-refractivity contribution in [3.05, 3.63) is 59.7 Å². The molecule has 0 radical (unpaired) electrons. The monoisotopic (exact) mass is 397 g/mol. The predicted molar refractivity (Wildman–Crippen MR) is 117 cm³/mol. The summed E-state index contributed by atoms with van der Waals surface area (Å²) in [5, 5.41) is 29.5. The number of methoxy groups -OCH3 is 1. The van der Waals surface area contributed by atoms with E-state index in [1.807, 2.05) is 48.5 Å². The van der Waals surface area contributed by atoms with Gasteiger partial charge in [0.25, 0.3) is 0 Å². The van der Waals surface area contributed by atoms with E-state index in [0.29, 0.717) is 19.5 Å². The molecule has 0 aliphatic carbocycles. The minimum absolute atomic E-state index is 0.170. The van der Waals surface area contributed by atoms with Crippen molar-refractivity contribution in [2.75, 3.05) is 25.3 Å². The molecule has 0 spiro atoms. The molecule has 0 saturated carbocycles. The Morgan fingerprint density at radius 3 is 2.66 bits per heavy atom. The third-order valence-electron chi connectivity index (χ3n) is 4.50. The summed E-state index contributed by atoms with van der Waals surface area (Å²) < 4.78 is 16.0. The summed E-state index contributed by atoms with van der Waals surface area (Å²) in [7, 11) is 1.76. The van der Waals surface area contributed by atoms with E-state index in [2.05, 4.69) is 15.9 Å². The summed E-state index contributed by atoms with van der Waals surface area (Å²) in [6.45, 7) is 2.63. The molecule has 0 heterocycles. The van der Waals surface area contributed by atoms with Crippen molar-refractivity contribution in [1.29, 1.82) is 0 Å². The average molecular weight is 397 g/mol. The maximum atomic E-state index is 10.8. The molecule has 2 atom stereocenters. The van der Waals surface area contributed by atoms with Crippen LogP contribution < -0.4 is 20.6 Å². The van der Waals surface area contributed by atoms with Gasteiger partial charge in [0.1, 0.15) is 0 Å². The fourth-order valence-corrected chi connectivity index (χ4v) is 3.12. The van der Waals surface area contributed by atoms with Crippen LogP contribution in [0, 0.1) is 0 Å². The van der Waals surface area contributed by atoms with Crippen molar-refractivity contribution >= 4 is 19.9 Å². The molecule has 7 nitrogen and oxygen atoms in total. The average Bonchev–Trinajstić information content (AvgIpc) is 2.71. The number of hydrogen-bond donors (Lipinski definition) is 5. The zero-order valence-electron chi connectivity index (χ0n) is 17.0. The van der Waals surface area contributed by atoms with Crippen molar-refractivity contribution in [2.24, 2.45) is 0 Å². The molecule has 1 unspecified atom stereocenters. The molecule has 2 aromatic rings. The second kappa shape index (κ2) is 12.4. The van der Waals surface area contributed by atoms with Crippen LogP contribution in [0.25, 0.3) is 0 Å². The Balaban J connectivity index is 1.94. The molecule has 0 amide bonds. The molecule has 0 saturated heterocycles. The second-order valence-electron chi connectivity index (χ2n) is 6.96. The quantitative estimate of drug-likeness (QED) is 0.320. The number of rotatable bonds is 13. The zero-order valence-corrected chi connectivity index (χ0v) is 17.0. The van der Waals surface area contributed by atoms with Crippen molar-refractivity contribution < 1.29 is 19.6 Å². The van der Waals surface area contributed by atoms with E-state index in [1.54, 1.807) is 13.9 Å². The third-order valence-corrected chi connectivity index (χ3v) is 4.50. The van der Waals surface area contributed by atoms with E-state index in [-0.39, 0.29) is 12.5 Å². The molecule has 2 rings (SSSR count). The van der Waals surface area contributed by atoms with Gasteiger partial charge in [-0.1, -0.05) is 0 Å². The van der Waals surface area contributed by atoms with Crippen LogP contribution in [0.5, 0.6) is 5.75 Å². The topological polar surface area (TPSA) is 103 Å². The fraction of sp³-hybridized carbons (Fsp3) is 0.400. The standard InChI is InChI=1S/C20H29B2N3O4/c1-22(28)25-17-7-3-5-15(9-17)11-19(24-14-21-27)20(26)13-23-12-16-6-4-8-18(10-16)29-2/h3-10,19-20,23-26,28H,11-14H2,1-2H3/t19?,20-/m1/s1. The molecule has 0 aliphatic heterocycles. The van der Waals surface area contributed by atoms with Gasteiger partial charge in [-0.3, -0.25) is 0 Å². The van der Waals surface area contributed by atoms with Gasteiger partial charge in [0.05, 0.1) is 0 Å². The van der Waals surface area contributed by atoms with Crippen LogP contribution in [0.2, 0.25) is 6.82 Å². The van der Waals surface area contributed by atoms with Crippen molar-refractivity contribution in [1.82, 2.24) is 10.6 Å². The van der Waals surface area contributed by atoms with Crippen LogP contribution >= 0.6 is 0 Å². The van der Waals surface area contributed by atoms with Gasteiger partial charge in [-0.15, -0.1) is 0 Å². The van der Waals surface area contributed by atoms with E-state index in [0.717, 1.165) is 29.7 Å². The number of nitrogens with one attached hydrogen (secondary N) is 3. The Kier molecular flexibility index (Phi) is 9.87. The summed E-state index contributed by atoms with van der Waals surface area (Å²) in [6.07, 6.45) is 0.0305. The van der Waals surface area contributed by atoms with Gasteiger partial charge in [-0.2, -0.15) is 0 Å². The molecule has 2 aromatic carbocycles. The first kappa shape index (κ1) is 23.1. The maximum absolute atomic E-state index is 10.8. The van der Waals surface area contributed by atoms with Gasteiger partial charge in [0, 0.05) is 0 Å². The molecule has 0 fully saturated rings. The van der Waals surface area contributed by atoms with Crippen molar-refractivity contribution in [3.8, 4) is 5.75 Å². The summed E-state index contributed by atoms with van der Waals surface area (Å²) in [5.41, 5.74) is 2.86. The van der Waals surface area contributed by atoms with Crippen molar-refractivity contribution in [2.45, 2.75) is 31.9 Å². The first-order valence-electron chi connectivity index (χ1n) is 9.74. The minimum atomic E-state index is -0.686. The third kappa shape index (κ3) is 8.37. The van der Waals surface area contributed by atoms with E-state index >= 15 is 0 Å². The van der Waals surface area contributed by atoms with Gasteiger partial charge in [-0.25, -0.2) is 0 Å². The molecule has 154 valence electrons. The van der Waals surface area contributed by atoms with Gasteiger partial charge >= 0.3 is 173 Å². The Bertz CT molecular complexity index is 764.